The van der Waals surface area contributed by atoms with Gasteiger partial charge in [-0.2, -0.15) is 0 Å². The molecule has 12 heavy (non-hydrogen) atoms. The Kier molecular flexibility index (Phi) is 3.05. The number of amides is 1. The van der Waals surface area contributed by atoms with E-state index in [1.165, 1.54) is 7.11 Å². The lowest BCUT2D eigenvalue weighted by Gasteiger charge is -2.25. The van der Waals surface area contributed by atoms with E-state index in [0.717, 1.165) is 25.8 Å². The molecule has 1 unspecified atom stereocenters. The fraction of sp³-hybridized carbons (Fsp3) is 0.875. The Morgan fingerprint density at radius 2 is 2.50 bits per heavy atom. The predicted molar refractivity (Wildman–Crippen MR) is 45.4 cm³/mol. The number of hydrogen-bond acceptors (Lipinski definition) is 3. The summed E-state index contributed by atoms with van der Waals surface area (Å²) in [6.07, 6.45) is 2.77. The van der Waals surface area contributed by atoms with Gasteiger partial charge in [0.2, 0.25) is 0 Å². The zero-order valence-corrected chi connectivity index (χ0v) is 7.64. The van der Waals surface area contributed by atoms with Crippen molar-refractivity contribution in [2.45, 2.75) is 31.7 Å². The molecule has 2 N–H and O–H groups in total. The van der Waals surface area contributed by atoms with Gasteiger partial charge < -0.3 is 5.32 Å². The lowest BCUT2D eigenvalue weighted by atomic mass is 9.94. The van der Waals surface area contributed by atoms with Crippen molar-refractivity contribution in [3.63, 3.8) is 0 Å². The molecular formula is C8H16N2O2. The third kappa shape index (κ3) is 1.59. The molecule has 0 aliphatic carbocycles. The minimum Gasteiger partial charge on any atom is -0.303 e. The van der Waals surface area contributed by atoms with Gasteiger partial charge in [0.15, 0.2) is 0 Å². The van der Waals surface area contributed by atoms with Gasteiger partial charge in [0.05, 0.1) is 12.6 Å². The van der Waals surface area contributed by atoms with Crippen LogP contribution in [0.5, 0.6) is 0 Å². The monoisotopic (exact) mass is 172 g/mol. The lowest BCUT2D eigenvalue weighted by molar-refractivity contribution is -0.137. The zero-order chi connectivity index (χ0) is 9.03. The summed E-state index contributed by atoms with van der Waals surface area (Å²) in [6, 6.07) is 0. The summed E-state index contributed by atoms with van der Waals surface area (Å²) in [6.45, 7) is 2.93. The van der Waals surface area contributed by atoms with Crippen molar-refractivity contribution in [1.82, 2.24) is 10.8 Å². The van der Waals surface area contributed by atoms with Gasteiger partial charge in [-0.3, -0.25) is 9.63 Å². The van der Waals surface area contributed by atoms with E-state index < -0.39 is 0 Å². The van der Waals surface area contributed by atoms with Crippen LogP contribution in [0.3, 0.4) is 0 Å². The fourth-order valence-corrected chi connectivity index (χ4v) is 1.65. The zero-order valence-electron chi connectivity index (χ0n) is 7.64. The molecule has 1 aliphatic heterocycles. The van der Waals surface area contributed by atoms with Crippen LogP contribution in [0.4, 0.5) is 0 Å². The third-order valence-corrected chi connectivity index (χ3v) is 2.48. The highest BCUT2D eigenvalue weighted by molar-refractivity contribution is 5.85. The van der Waals surface area contributed by atoms with E-state index in [9.17, 15) is 4.79 Å². The number of carbonyl (C=O) groups excluding carboxylic acids is 1. The molecule has 1 saturated heterocycles. The summed E-state index contributed by atoms with van der Waals surface area (Å²) in [7, 11) is 1.45. The molecule has 4 heteroatoms. The highest BCUT2D eigenvalue weighted by Crippen LogP contribution is 2.22. The maximum atomic E-state index is 11.5. The summed E-state index contributed by atoms with van der Waals surface area (Å²) in [5.74, 6) is -0.0509. The largest absolute Gasteiger partial charge is 0.303 e. The van der Waals surface area contributed by atoms with Crippen molar-refractivity contribution in [3.8, 4) is 0 Å². The first-order chi connectivity index (χ1) is 5.75. The van der Waals surface area contributed by atoms with Crippen LogP contribution < -0.4 is 10.8 Å². The van der Waals surface area contributed by atoms with Gasteiger partial charge in [0.1, 0.15) is 0 Å². The Bertz CT molecular complexity index is 164. The topological polar surface area (TPSA) is 50.4 Å². The van der Waals surface area contributed by atoms with Crippen molar-refractivity contribution in [1.29, 1.82) is 0 Å². The Labute approximate surface area is 72.6 Å². The molecule has 1 heterocycles. The molecule has 0 saturated carbocycles. The first-order valence-corrected chi connectivity index (χ1v) is 4.33. The SMILES string of the molecule is CCC1(C(=O)NOC)CCCN1. The van der Waals surface area contributed by atoms with Crippen LogP contribution in [0.1, 0.15) is 26.2 Å². The minimum absolute atomic E-state index is 0.0509. The van der Waals surface area contributed by atoms with Crippen LogP contribution in [0.2, 0.25) is 0 Å². The quantitative estimate of drug-likeness (QED) is 0.598. The third-order valence-electron chi connectivity index (χ3n) is 2.48. The fourth-order valence-electron chi connectivity index (χ4n) is 1.65. The number of hydroxylamine groups is 1. The smallest absolute Gasteiger partial charge is 0.263 e. The molecule has 1 amide bonds. The standard InChI is InChI=1S/C8H16N2O2/c1-3-8(5-4-6-9-8)7(11)10-12-2/h9H,3-6H2,1-2H3,(H,10,11). The van der Waals surface area contributed by atoms with Gasteiger partial charge in [-0.15, -0.1) is 0 Å². The van der Waals surface area contributed by atoms with Crippen molar-refractivity contribution in [2.75, 3.05) is 13.7 Å². The van der Waals surface area contributed by atoms with Gasteiger partial charge in [-0.25, -0.2) is 5.48 Å². The number of carbonyl (C=O) groups is 1. The molecule has 1 atom stereocenters. The molecule has 0 radical (unpaired) electrons. The van der Waals surface area contributed by atoms with Crippen molar-refractivity contribution in [2.24, 2.45) is 0 Å². The summed E-state index contributed by atoms with van der Waals surface area (Å²) in [4.78, 5) is 16.1. The molecule has 1 aliphatic rings. The Morgan fingerprint density at radius 3 is 2.92 bits per heavy atom. The number of hydrogen-bond donors (Lipinski definition) is 2. The second-order valence-electron chi connectivity index (χ2n) is 3.10. The molecular weight excluding hydrogens is 156 g/mol. The van der Waals surface area contributed by atoms with Gasteiger partial charge >= 0.3 is 0 Å². The van der Waals surface area contributed by atoms with Crippen molar-refractivity contribution >= 4 is 5.91 Å². The van der Waals surface area contributed by atoms with E-state index >= 15 is 0 Å². The normalized spacial score (nSPS) is 28.8. The molecule has 1 fully saturated rings. The van der Waals surface area contributed by atoms with Crippen molar-refractivity contribution in [3.05, 3.63) is 0 Å². The second-order valence-corrected chi connectivity index (χ2v) is 3.10. The molecule has 0 bridgehead atoms. The van der Waals surface area contributed by atoms with Gasteiger partial charge in [-0.05, 0) is 25.8 Å². The Morgan fingerprint density at radius 1 is 1.75 bits per heavy atom. The Hall–Kier alpha value is -0.610. The molecule has 0 aromatic carbocycles. The summed E-state index contributed by atoms with van der Waals surface area (Å²) >= 11 is 0. The summed E-state index contributed by atoms with van der Waals surface area (Å²) in [5, 5.41) is 3.21. The van der Waals surface area contributed by atoms with Gasteiger partial charge in [0.25, 0.3) is 5.91 Å². The number of rotatable bonds is 3. The van der Waals surface area contributed by atoms with Crippen LogP contribution in [0.15, 0.2) is 0 Å². The van der Waals surface area contributed by atoms with E-state index in [1.54, 1.807) is 0 Å². The van der Waals surface area contributed by atoms with E-state index in [0.29, 0.717) is 0 Å². The second kappa shape index (κ2) is 3.87. The van der Waals surface area contributed by atoms with E-state index in [2.05, 4.69) is 15.6 Å². The summed E-state index contributed by atoms with van der Waals surface area (Å²) in [5.41, 5.74) is 2.00. The van der Waals surface area contributed by atoms with Crippen LogP contribution in [-0.2, 0) is 9.63 Å². The highest BCUT2D eigenvalue weighted by Gasteiger charge is 2.39. The van der Waals surface area contributed by atoms with E-state index in [1.807, 2.05) is 6.92 Å². The Balaban J connectivity index is 2.59. The van der Waals surface area contributed by atoms with Gasteiger partial charge in [-0.1, -0.05) is 6.92 Å². The number of nitrogens with one attached hydrogen (secondary N) is 2. The van der Waals surface area contributed by atoms with E-state index in [-0.39, 0.29) is 11.4 Å². The van der Waals surface area contributed by atoms with Gasteiger partial charge in [0, 0.05) is 0 Å². The van der Waals surface area contributed by atoms with Crippen LogP contribution in [-0.4, -0.2) is 25.1 Å². The minimum atomic E-state index is -0.379. The molecule has 0 spiro atoms. The first-order valence-electron chi connectivity index (χ1n) is 4.33. The molecule has 1 rings (SSSR count). The summed E-state index contributed by atoms with van der Waals surface area (Å²) < 4.78 is 0. The first kappa shape index (κ1) is 9.48. The van der Waals surface area contributed by atoms with Crippen LogP contribution >= 0.6 is 0 Å². The molecule has 0 aromatic rings. The maximum Gasteiger partial charge on any atom is 0.263 e. The molecule has 70 valence electrons. The van der Waals surface area contributed by atoms with Crippen molar-refractivity contribution < 1.29 is 9.63 Å². The lowest BCUT2D eigenvalue weighted by Crippen LogP contribution is -2.52. The van der Waals surface area contributed by atoms with Crippen LogP contribution in [0.25, 0.3) is 0 Å². The average Bonchev–Trinajstić information content (AvgIpc) is 2.54. The molecule has 4 nitrogen and oxygen atoms in total. The molecule has 0 aromatic heterocycles. The average molecular weight is 172 g/mol. The van der Waals surface area contributed by atoms with E-state index in [4.69, 9.17) is 0 Å². The van der Waals surface area contributed by atoms with Crippen LogP contribution in [0, 0.1) is 0 Å². The predicted octanol–water partition coefficient (Wildman–Crippen LogP) is 0.196. The highest BCUT2D eigenvalue weighted by atomic mass is 16.6. The maximum absolute atomic E-state index is 11.5.